The number of nitrogens with zero attached hydrogens (tertiary/aromatic N) is 1. The first-order chi connectivity index (χ1) is 12.6. The first-order valence-electron chi connectivity index (χ1n) is 7.96. The van der Waals surface area contributed by atoms with Crippen LogP contribution in [0.1, 0.15) is 17.1 Å². The van der Waals surface area contributed by atoms with Gasteiger partial charge >= 0.3 is 6.61 Å². The maximum absolute atomic E-state index is 12.7. The minimum Gasteiger partial charge on any atom is -0.467 e. The van der Waals surface area contributed by atoms with Gasteiger partial charge in [-0.15, -0.1) is 0 Å². The van der Waals surface area contributed by atoms with Gasteiger partial charge in [0.2, 0.25) is 5.91 Å². The van der Waals surface area contributed by atoms with Gasteiger partial charge in [0, 0.05) is 0 Å². The molecule has 0 N–H and O–H groups in total. The summed E-state index contributed by atoms with van der Waals surface area (Å²) in [5.41, 5.74) is 0.695. The van der Waals surface area contributed by atoms with Crippen molar-refractivity contribution >= 4 is 5.91 Å². The Balaban J connectivity index is 1.68. The van der Waals surface area contributed by atoms with Crippen molar-refractivity contribution in [3.63, 3.8) is 0 Å². The van der Waals surface area contributed by atoms with Crippen molar-refractivity contribution in [1.82, 2.24) is 4.90 Å². The van der Waals surface area contributed by atoms with E-state index >= 15 is 0 Å². The molecule has 26 heavy (non-hydrogen) atoms. The van der Waals surface area contributed by atoms with E-state index in [-0.39, 0.29) is 18.1 Å². The molecule has 7 heteroatoms. The van der Waals surface area contributed by atoms with Crippen LogP contribution in [0.3, 0.4) is 0 Å². The second-order valence-corrected chi connectivity index (χ2v) is 5.61. The summed E-state index contributed by atoms with van der Waals surface area (Å²) < 4.78 is 39.4. The summed E-state index contributed by atoms with van der Waals surface area (Å²) in [6.07, 6.45) is 3.22. The summed E-state index contributed by atoms with van der Waals surface area (Å²) in [6, 6.07) is 13.1. The van der Waals surface area contributed by atoms with E-state index in [4.69, 9.17) is 8.83 Å². The number of benzene rings is 1. The molecular weight excluding hydrogens is 344 g/mol. The molecule has 0 spiro atoms. The van der Waals surface area contributed by atoms with Crippen LogP contribution in [-0.4, -0.2) is 17.4 Å². The predicted molar refractivity (Wildman–Crippen MR) is 88.4 cm³/mol. The predicted octanol–water partition coefficient (Wildman–Crippen LogP) is 4.25. The number of hydrogen-bond donors (Lipinski definition) is 0. The van der Waals surface area contributed by atoms with Crippen LogP contribution in [0.25, 0.3) is 0 Å². The Labute approximate surface area is 148 Å². The minimum atomic E-state index is -2.88. The van der Waals surface area contributed by atoms with Crippen LogP contribution in [0.5, 0.6) is 5.75 Å². The van der Waals surface area contributed by atoms with Crippen LogP contribution in [0, 0.1) is 0 Å². The molecule has 0 saturated carbocycles. The van der Waals surface area contributed by atoms with Crippen LogP contribution in [0.2, 0.25) is 0 Å². The van der Waals surface area contributed by atoms with Crippen molar-refractivity contribution in [2.45, 2.75) is 26.1 Å². The topological polar surface area (TPSA) is 55.8 Å². The molecule has 0 atom stereocenters. The van der Waals surface area contributed by atoms with E-state index in [1.54, 1.807) is 53.8 Å². The second-order valence-electron chi connectivity index (χ2n) is 5.61. The molecule has 3 aromatic rings. The number of hydrogen-bond acceptors (Lipinski definition) is 4. The number of furan rings is 2. The zero-order chi connectivity index (χ0) is 18.4. The number of rotatable bonds is 8. The second kappa shape index (κ2) is 8.33. The van der Waals surface area contributed by atoms with Crippen molar-refractivity contribution in [3.8, 4) is 5.75 Å². The molecule has 1 aromatic carbocycles. The standard InChI is InChI=1S/C19H17F2NO4/c20-19(21)26-15-7-5-14(6-8-15)11-18(23)22(12-16-3-1-9-24-16)13-17-4-2-10-25-17/h1-10,19H,11-13H2. The Bertz CT molecular complexity index is 762. The van der Waals surface area contributed by atoms with Gasteiger partial charge in [-0.05, 0) is 42.0 Å². The van der Waals surface area contributed by atoms with E-state index < -0.39 is 6.61 Å². The molecule has 2 heterocycles. The number of carbonyl (C=O) groups is 1. The lowest BCUT2D eigenvalue weighted by atomic mass is 10.1. The highest BCUT2D eigenvalue weighted by Gasteiger charge is 2.18. The summed E-state index contributed by atoms with van der Waals surface area (Å²) in [5, 5.41) is 0. The Morgan fingerprint density at radius 2 is 1.54 bits per heavy atom. The normalized spacial score (nSPS) is 10.9. The number of alkyl halides is 2. The van der Waals surface area contributed by atoms with E-state index in [1.807, 2.05) is 0 Å². The van der Waals surface area contributed by atoms with Crippen molar-refractivity contribution in [3.05, 3.63) is 78.1 Å². The monoisotopic (exact) mass is 361 g/mol. The molecule has 0 bridgehead atoms. The Morgan fingerprint density at radius 1 is 0.962 bits per heavy atom. The summed E-state index contributed by atoms with van der Waals surface area (Å²) in [5.74, 6) is 1.23. The van der Waals surface area contributed by atoms with E-state index in [1.165, 1.54) is 12.1 Å². The van der Waals surface area contributed by atoms with Crippen LogP contribution in [-0.2, 0) is 24.3 Å². The fourth-order valence-electron chi connectivity index (χ4n) is 2.49. The van der Waals surface area contributed by atoms with Gasteiger partial charge in [0.05, 0.1) is 32.0 Å². The molecule has 0 aliphatic carbocycles. The van der Waals surface area contributed by atoms with Gasteiger partial charge in [-0.3, -0.25) is 4.79 Å². The molecule has 2 aromatic heterocycles. The van der Waals surface area contributed by atoms with E-state index in [0.717, 1.165) is 0 Å². The van der Waals surface area contributed by atoms with Crippen LogP contribution in [0.4, 0.5) is 8.78 Å². The number of carbonyl (C=O) groups excluding carboxylic acids is 1. The highest BCUT2D eigenvalue weighted by Crippen LogP contribution is 2.17. The average Bonchev–Trinajstić information content (AvgIpc) is 3.29. The molecule has 136 valence electrons. The largest absolute Gasteiger partial charge is 0.467 e. The van der Waals surface area contributed by atoms with Crippen LogP contribution < -0.4 is 4.74 Å². The van der Waals surface area contributed by atoms with Gasteiger partial charge in [0.15, 0.2) is 0 Å². The van der Waals surface area contributed by atoms with Gasteiger partial charge in [-0.1, -0.05) is 12.1 Å². The van der Waals surface area contributed by atoms with Gasteiger partial charge in [0.25, 0.3) is 0 Å². The third-order valence-corrected chi connectivity index (χ3v) is 3.71. The minimum absolute atomic E-state index is 0.0548. The maximum Gasteiger partial charge on any atom is 0.387 e. The van der Waals surface area contributed by atoms with Crippen molar-refractivity contribution in [1.29, 1.82) is 0 Å². The molecule has 0 fully saturated rings. The first-order valence-corrected chi connectivity index (χ1v) is 7.96. The zero-order valence-electron chi connectivity index (χ0n) is 13.8. The van der Waals surface area contributed by atoms with Crippen LogP contribution in [0.15, 0.2) is 69.9 Å². The first kappa shape index (κ1) is 17.7. The lowest BCUT2D eigenvalue weighted by Gasteiger charge is -2.21. The SMILES string of the molecule is O=C(Cc1ccc(OC(F)F)cc1)N(Cc1ccco1)Cc1ccco1. The summed E-state index contributed by atoms with van der Waals surface area (Å²) in [7, 11) is 0. The summed E-state index contributed by atoms with van der Waals surface area (Å²) in [4.78, 5) is 14.3. The molecule has 0 aliphatic heterocycles. The summed E-state index contributed by atoms with van der Waals surface area (Å²) in [6.45, 7) is -2.27. The third kappa shape index (κ3) is 4.95. The van der Waals surface area contributed by atoms with Gasteiger partial charge < -0.3 is 18.5 Å². The van der Waals surface area contributed by atoms with Crippen molar-refractivity contribution in [2.24, 2.45) is 0 Å². The quantitative estimate of drug-likeness (QED) is 0.602. The Hall–Kier alpha value is -3.09. The highest BCUT2D eigenvalue weighted by molar-refractivity contribution is 5.78. The molecule has 1 amide bonds. The molecule has 0 radical (unpaired) electrons. The Kier molecular flexibility index (Phi) is 5.68. The van der Waals surface area contributed by atoms with Crippen LogP contribution >= 0.6 is 0 Å². The molecular formula is C19H17F2NO4. The third-order valence-electron chi connectivity index (χ3n) is 3.71. The lowest BCUT2D eigenvalue weighted by Crippen LogP contribution is -2.31. The van der Waals surface area contributed by atoms with Gasteiger partial charge in [-0.25, -0.2) is 0 Å². The number of ether oxygens (including phenoxy) is 1. The van der Waals surface area contributed by atoms with E-state index in [2.05, 4.69) is 4.74 Å². The fourth-order valence-corrected chi connectivity index (χ4v) is 2.49. The van der Waals surface area contributed by atoms with Crippen molar-refractivity contribution in [2.75, 3.05) is 0 Å². The number of halogens is 2. The van der Waals surface area contributed by atoms with E-state index in [9.17, 15) is 13.6 Å². The van der Waals surface area contributed by atoms with Gasteiger partial charge in [0.1, 0.15) is 17.3 Å². The van der Waals surface area contributed by atoms with E-state index in [0.29, 0.717) is 30.2 Å². The zero-order valence-corrected chi connectivity index (χ0v) is 13.8. The maximum atomic E-state index is 12.7. The smallest absolute Gasteiger partial charge is 0.387 e. The number of amides is 1. The molecule has 0 saturated heterocycles. The Morgan fingerprint density at radius 3 is 2.00 bits per heavy atom. The van der Waals surface area contributed by atoms with Crippen molar-refractivity contribution < 1.29 is 27.1 Å². The molecule has 0 aliphatic rings. The summed E-state index contributed by atoms with van der Waals surface area (Å²) >= 11 is 0. The fraction of sp³-hybridized carbons (Fsp3) is 0.211. The molecule has 0 unspecified atom stereocenters. The lowest BCUT2D eigenvalue weighted by molar-refractivity contribution is -0.132. The molecule has 5 nitrogen and oxygen atoms in total. The highest BCUT2D eigenvalue weighted by atomic mass is 19.3. The average molecular weight is 361 g/mol. The molecule has 3 rings (SSSR count). The van der Waals surface area contributed by atoms with Gasteiger partial charge in [-0.2, -0.15) is 8.78 Å².